The molecule has 2 aromatic rings. The van der Waals surface area contributed by atoms with E-state index in [9.17, 15) is 14.7 Å². The minimum absolute atomic E-state index is 0.0452. The maximum atomic E-state index is 13.2. The molecule has 0 aliphatic carbocycles. The number of ether oxygens (including phenoxy) is 2. The van der Waals surface area contributed by atoms with Crippen LogP contribution in [0.15, 0.2) is 48.0 Å². The number of aliphatic hydroxyl groups excluding tert-OH is 1. The number of benzene rings is 2. The lowest BCUT2D eigenvalue weighted by atomic mass is 9.95. The van der Waals surface area contributed by atoms with E-state index >= 15 is 0 Å². The van der Waals surface area contributed by atoms with E-state index in [1.54, 1.807) is 42.5 Å². The average molecular weight is 487 g/mol. The molecule has 7 nitrogen and oxygen atoms in total. The number of nitrogens with zero attached hydrogens (tertiary/aromatic N) is 2. The minimum atomic E-state index is -0.757. The van der Waals surface area contributed by atoms with Crippen LogP contribution in [0.3, 0.4) is 0 Å². The molecule has 8 heteroatoms. The minimum Gasteiger partial charge on any atom is -0.507 e. The van der Waals surface area contributed by atoms with Gasteiger partial charge in [0.1, 0.15) is 5.76 Å². The van der Waals surface area contributed by atoms with Crippen LogP contribution in [-0.4, -0.2) is 67.0 Å². The number of ketones is 1. The van der Waals surface area contributed by atoms with Crippen molar-refractivity contribution in [3.8, 4) is 11.5 Å². The second-order valence-electron chi connectivity index (χ2n) is 8.23. The van der Waals surface area contributed by atoms with Gasteiger partial charge in [-0.1, -0.05) is 17.7 Å². The number of amides is 1. The third-order valence-corrected chi connectivity index (χ3v) is 5.80. The molecule has 1 fully saturated rings. The highest BCUT2D eigenvalue weighted by Crippen LogP contribution is 2.42. The maximum Gasteiger partial charge on any atom is 0.295 e. The first-order valence-electron chi connectivity index (χ1n) is 11.4. The molecule has 0 spiro atoms. The first-order valence-corrected chi connectivity index (χ1v) is 11.7. The SMILES string of the molecule is CCOc1ccc([C@H]2/C(=C(\O)c3ccc(Cl)cc3)C(=O)C(=O)N2CCCN(C)C)cc1OCC. The van der Waals surface area contributed by atoms with Gasteiger partial charge in [0.05, 0.1) is 24.8 Å². The lowest BCUT2D eigenvalue weighted by molar-refractivity contribution is -0.139. The van der Waals surface area contributed by atoms with Crippen LogP contribution < -0.4 is 9.47 Å². The Balaban J connectivity index is 2.13. The van der Waals surface area contributed by atoms with Gasteiger partial charge in [0.2, 0.25) is 0 Å². The Bertz CT molecular complexity index is 1070. The molecule has 1 N–H and O–H groups in total. The Hall–Kier alpha value is -3.03. The summed E-state index contributed by atoms with van der Waals surface area (Å²) in [6.07, 6.45) is 0.673. The van der Waals surface area contributed by atoms with Crippen molar-refractivity contribution in [2.45, 2.75) is 26.3 Å². The number of aliphatic hydroxyl groups is 1. The van der Waals surface area contributed by atoms with E-state index in [0.29, 0.717) is 53.8 Å². The van der Waals surface area contributed by atoms with Crippen LogP contribution in [0.4, 0.5) is 0 Å². The summed E-state index contributed by atoms with van der Waals surface area (Å²) in [5, 5.41) is 11.7. The zero-order valence-corrected chi connectivity index (χ0v) is 20.8. The Morgan fingerprint density at radius 3 is 2.29 bits per heavy atom. The molecule has 1 saturated heterocycles. The van der Waals surface area contributed by atoms with Gasteiger partial charge in [-0.05, 0) is 82.9 Å². The fourth-order valence-corrected chi connectivity index (χ4v) is 4.14. The Morgan fingerprint density at radius 1 is 1.03 bits per heavy atom. The van der Waals surface area contributed by atoms with E-state index in [2.05, 4.69) is 0 Å². The summed E-state index contributed by atoms with van der Waals surface area (Å²) in [5.41, 5.74) is 1.12. The van der Waals surface area contributed by atoms with Gasteiger partial charge in [-0.2, -0.15) is 0 Å². The van der Waals surface area contributed by atoms with E-state index in [0.717, 1.165) is 6.54 Å². The second kappa shape index (κ2) is 11.4. The number of carbonyl (C=O) groups is 2. The van der Waals surface area contributed by atoms with E-state index < -0.39 is 17.7 Å². The van der Waals surface area contributed by atoms with Crippen LogP contribution in [0.1, 0.15) is 37.4 Å². The van der Waals surface area contributed by atoms with Crippen LogP contribution in [0.25, 0.3) is 5.76 Å². The van der Waals surface area contributed by atoms with Gasteiger partial charge in [-0.15, -0.1) is 0 Å². The second-order valence-corrected chi connectivity index (χ2v) is 8.66. The van der Waals surface area contributed by atoms with Gasteiger partial charge in [0.15, 0.2) is 11.5 Å². The van der Waals surface area contributed by atoms with Crippen molar-refractivity contribution in [2.24, 2.45) is 0 Å². The first-order chi connectivity index (χ1) is 16.3. The van der Waals surface area contributed by atoms with E-state index in [-0.39, 0.29) is 11.3 Å². The highest BCUT2D eigenvalue weighted by molar-refractivity contribution is 6.46. The molecule has 1 aliphatic heterocycles. The van der Waals surface area contributed by atoms with Gasteiger partial charge in [0.25, 0.3) is 11.7 Å². The van der Waals surface area contributed by atoms with Gasteiger partial charge >= 0.3 is 0 Å². The predicted molar refractivity (Wildman–Crippen MR) is 132 cm³/mol. The quantitative estimate of drug-likeness (QED) is 0.302. The molecule has 182 valence electrons. The number of hydrogen-bond donors (Lipinski definition) is 1. The number of rotatable bonds is 10. The van der Waals surface area contributed by atoms with Gasteiger partial charge in [-0.3, -0.25) is 9.59 Å². The standard InChI is InChI=1S/C26H31ClN2O5/c1-5-33-20-13-10-18(16-21(20)34-6-2)23-22(24(30)17-8-11-19(27)12-9-17)25(31)26(32)29(23)15-7-14-28(3)4/h8-13,16,23,30H,5-7,14-15H2,1-4H3/b24-22+/t23-/m0/s1. The van der Waals surface area contributed by atoms with Gasteiger partial charge in [-0.25, -0.2) is 0 Å². The van der Waals surface area contributed by atoms with Crippen molar-refractivity contribution < 1.29 is 24.2 Å². The topological polar surface area (TPSA) is 79.3 Å². The van der Waals surface area contributed by atoms with Crippen molar-refractivity contribution >= 4 is 29.1 Å². The van der Waals surface area contributed by atoms with Gasteiger partial charge < -0.3 is 24.4 Å². The normalized spacial score (nSPS) is 17.5. The zero-order chi connectivity index (χ0) is 24.8. The van der Waals surface area contributed by atoms with Crippen LogP contribution in [-0.2, 0) is 9.59 Å². The average Bonchev–Trinajstić information content (AvgIpc) is 3.05. The number of halogens is 1. The molecule has 0 aromatic heterocycles. The maximum absolute atomic E-state index is 13.2. The van der Waals surface area contributed by atoms with E-state index in [1.165, 1.54) is 4.90 Å². The number of carbonyl (C=O) groups excluding carboxylic acids is 2. The summed E-state index contributed by atoms with van der Waals surface area (Å²) in [5.74, 6) is -0.482. The number of hydrogen-bond acceptors (Lipinski definition) is 6. The predicted octanol–water partition coefficient (Wildman–Crippen LogP) is 4.51. The van der Waals surface area contributed by atoms with Gasteiger partial charge in [0, 0.05) is 17.1 Å². The molecular formula is C26H31ClN2O5. The molecule has 0 bridgehead atoms. The van der Waals surface area contributed by atoms with Crippen LogP contribution >= 0.6 is 11.6 Å². The molecule has 0 unspecified atom stereocenters. The third kappa shape index (κ3) is 5.54. The first kappa shape index (κ1) is 25.6. The monoisotopic (exact) mass is 486 g/mol. The van der Waals surface area contributed by atoms with Crippen LogP contribution in [0.2, 0.25) is 5.02 Å². The fraction of sp³-hybridized carbons (Fsp3) is 0.385. The molecule has 0 saturated carbocycles. The molecule has 34 heavy (non-hydrogen) atoms. The van der Waals surface area contributed by atoms with Crippen molar-refractivity contribution in [3.63, 3.8) is 0 Å². The lowest BCUT2D eigenvalue weighted by Crippen LogP contribution is -2.32. The summed E-state index contributed by atoms with van der Waals surface area (Å²) < 4.78 is 11.4. The molecular weight excluding hydrogens is 456 g/mol. The molecule has 2 aromatic carbocycles. The van der Waals surface area contributed by atoms with Crippen molar-refractivity contribution in [1.82, 2.24) is 9.80 Å². The fourth-order valence-electron chi connectivity index (χ4n) is 4.02. The summed E-state index contributed by atoms with van der Waals surface area (Å²) in [6.45, 7) is 5.77. The molecule has 1 aliphatic rings. The highest BCUT2D eigenvalue weighted by atomic mass is 35.5. The number of likely N-dealkylation sites (tertiary alicyclic amines) is 1. The third-order valence-electron chi connectivity index (χ3n) is 5.55. The van der Waals surface area contributed by atoms with Crippen molar-refractivity contribution in [2.75, 3.05) is 40.4 Å². The Morgan fingerprint density at radius 2 is 1.68 bits per heavy atom. The highest BCUT2D eigenvalue weighted by Gasteiger charge is 2.46. The zero-order valence-electron chi connectivity index (χ0n) is 20.0. The van der Waals surface area contributed by atoms with Crippen LogP contribution in [0, 0.1) is 0 Å². The Labute approximate surface area is 205 Å². The van der Waals surface area contributed by atoms with E-state index in [4.69, 9.17) is 21.1 Å². The van der Waals surface area contributed by atoms with Crippen molar-refractivity contribution in [1.29, 1.82) is 0 Å². The van der Waals surface area contributed by atoms with E-state index in [1.807, 2.05) is 32.8 Å². The summed E-state index contributed by atoms with van der Waals surface area (Å²) in [4.78, 5) is 29.8. The molecule has 0 radical (unpaired) electrons. The summed E-state index contributed by atoms with van der Waals surface area (Å²) in [6, 6.07) is 11.1. The summed E-state index contributed by atoms with van der Waals surface area (Å²) in [7, 11) is 3.90. The largest absolute Gasteiger partial charge is 0.507 e. The number of Topliss-reactive ketones (excluding diaryl/α,β-unsaturated/α-hetero) is 1. The van der Waals surface area contributed by atoms with Crippen molar-refractivity contribution in [3.05, 3.63) is 64.2 Å². The summed E-state index contributed by atoms with van der Waals surface area (Å²) >= 11 is 5.99. The molecule has 3 rings (SSSR count). The molecule has 1 heterocycles. The molecule has 1 amide bonds. The Kier molecular flexibility index (Phi) is 8.58. The van der Waals surface area contributed by atoms with Crippen LogP contribution in [0.5, 0.6) is 11.5 Å². The smallest absolute Gasteiger partial charge is 0.295 e. The lowest BCUT2D eigenvalue weighted by Gasteiger charge is -2.26. The molecule has 1 atom stereocenters.